The van der Waals surface area contributed by atoms with Gasteiger partial charge in [-0.3, -0.25) is 0 Å². The predicted molar refractivity (Wildman–Crippen MR) is 58.8 cm³/mol. The topological polar surface area (TPSA) is 20.2 Å². The zero-order valence-corrected chi connectivity index (χ0v) is 9.77. The van der Waals surface area contributed by atoms with Gasteiger partial charge in [0.1, 0.15) is 0 Å². The van der Waals surface area contributed by atoms with Gasteiger partial charge >= 0.3 is 0 Å². The molecule has 1 N–H and O–H groups in total. The van der Waals surface area contributed by atoms with Crippen LogP contribution in [0.2, 0.25) is 0 Å². The normalized spacial score (nSPS) is 18.2. The van der Waals surface area contributed by atoms with Crippen LogP contribution in [-0.4, -0.2) is 10.7 Å². The van der Waals surface area contributed by atoms with Crippen LogP contribution in [0, 0.1) is 5.92 Å². The summed E-state index contributed by atoms with van der Waals surface area (Å²) in [4.78, 5) is 0. The Hall–Kier alpha value is -0.0400. The molecule has 80 valence electrons. The molecule has 0 fully saturated rings. The lowest BCUT2D eigenvalue weighted by atomic mass is 9.89. The van der Waals surface area contributed by atoms with Gasteiger partial charge in [0.05, 0.1) is 5.60 Å². The van der Waals surface area contributed by atoms with Crippen LogP contribution in [0.3, 0.4) is 0 Å². The molecule has 1 heteroatoms. The summed E-state index contributed by atoms with van der Waals surface area (Å²) < 4.78 is 0. The molecule has 0 aliphatic heterocycles. The fourth-order valence-electron chi connectivity index (χ4n) is 1.86. The van der Waals surface area contributed by atoms with Crippen LogP contribution >= 0.6 is 0 Å². The van der Waals surface area contributed by atoms with Gasteiger partial charge in [-0.05, 0) is 32.1 Å². The van der Waals surface area contributed by atoms with E-state index in [1.54, 1.807) is 0 Å². The average molecular weight is 186 g/mol. The van der Waals surface area contributed by atoms with Crippen molar-refractivity contribution in [1.82, 2.24) is 0 Å². The molecule has 0 saturated heterocycles. The summed E-state index contributed by atoms with van der Waals surface area (Å²) >= 11 is 0. The largest absolute Gasteiger partial charge is 0.390 e. The highest BCUT2D eigenvalue weighted by molar-refractivity contribution is 4.72. The van der Waals surface area contributed by atoms with Crippen LogP contribution in [0.25, 0.3) is 0 Å². The summed E-state index contributed by atoms with van der Waals surface area (Å²) in [6.45, 7) is 8.60. The van der Waals surface area contributed by atoms with Crippen LogP contribution in [0.5, 0.6) is 0 Å². The molecule has 0 saturated carbocycles. The Kier molecular flexibility index (Phi) is 6.40. The van der Waals surface area contributed by atoms with E-state index in [-0.39, 0.29) is 0 Å². The number of hydrogen-bond donors (Lipinski definition) is 1. The van der Waals surface area contributed by atoms with E-state index in [0.29, 0.717) is 0 Å². The van der Waals surface area contributed by atoms with E-state index < -0.39 is 5.60 Å². The van der Waals surface area contributed by atoms with Crippen molar-refractivity contribution in [3.63, 3.8) is 0 Å². The third-order valence-electron chi connectivity index (χ3n) is 2.75. The molecule has 0 radical (unpaired) electrons. The minimum Gasteiger partial charge on any atom is -0.390 e. The highest BCUT2D eigenvalue weighted by Gasteiger charge is 2.19. The lowest BCUT2D eigenvalue weighted by Crippen LogP contribution is -2.24. The maximum atomic E-state index is 9.93. The number of aliphatic hydroxyl groups is 1. The van der Waals surface area contributed by atoms with Crippen LogP contribution in [0.15, 0.2) is 0 Å². The molecule has 13 heavy (non-hydrogen) atoms. The molecular weight excluding hydrogens is 160 g/mol. The second-order valence-electron chi connectivity index (χ2n) is 4.68. The van der Waals surface area contributed by atoms with Gasteiger partial charge in [-0.15, -0.1) is 0 Å². The number of hydrogen-bond acceptors (Lipinski definition) is 1. The molecule has 0 aliphatic carbocycles. The first-order valence-electron chi connectivity index (χ1n) is 5.74. The molecule has 0 rings (SSSR count). The van der Waals surface area contributed by atoms with Gasteiger partial charge in [-0.25, -0.2) is 0 Å². The molecule has 2 unspecified atom stereocenters. The highest BCUT2D eigenvalue weighted by atomic mass is 16.3. The molecule has 0 heterocycles. The van der Waals surface area contributed by atoms with Crippen LogP contribution in [-0.2, 0) is 0 Å². The van der Waals surface area contributed by atoms with Crippen molar-refractivity contribution in [3.05, 3.63) is 0 Å². The van der Waals surface area contributed by atoms with Gasteiger partial charge in [-0.2, -0.15) is 0 Å². The van der Waals surface area contributed by atoms with Gasteiger partial charge < -0.3 is 5.11 Å². The van der Waals surface area contributed by atoms with Crippen molar-refractivity contribution in [2.75, 3.05) is 0 Å². The zero-order chi connectivity index (χ0) is 10.3. The molecule has 0 aliphatic rings. The predicted octanol–water partition coefficient (Wildman–Crippen LogP) is 3.75. The molecular formula is C12H26O. The van der Waals surface area contributed by atoms with Gasteiger partial charge in [0.25, 0.3) is 0 Å². The molecule has 0 aromatic heterocycles. The van der Waals surface area contributed by atoms with E-state index in [9.17, 15) is 5.11 Å². The fourth-order valence-corrected chi connectivity index (χ4v) is 1.86. The SMILES string of the molecule is CCCC(C)CCC(C)(O)CCC. The van der Waals surface area contributed by atoms with Crippen molar-refractivity contribution < 1.29 is 5.11 Å². The van der Waals surface area contributed by atoms with Crippen molar-refractivity contribution in [2.45, 2.75) is 71.8 Å². The summed E-state index contributed by atoms with van der Waals surface area (Å²) in [5.74, 6) is 0.772. The van der Waals surface area contributed by atoms with Gasteiger partial charge in [-0.1, -0.05) is 40.0 Å². The minimum atomic E-state index is -0.420. The fraction of sp³-hybridized carbons (Fsp3) is 1.00. The Morgan fingerprint density at radius 1 is 1.08 bits per heavy atom. The minimum absolute atomic E-state index is 0.420. The van der Waals surface area contributed by atoms with E-state index >= 15 is 0 Å². The van der Waals surface area contributed by atoms with Crippen molar-refractivity contribution in [1.29, 1.82) is 0 Å². The second-order valence-corrected chi connectivity index (χ2v) is 4.68. The molecule has 0 aromatic carbocycles. The highest BCUT2D eigenvalue weighted by Crippen LogP contribution is 2.23. The van der Waals surface area contributed by atoms with E-state index in [2.05, 4.69) is 20.8 Å². The lowest BCUT2D eigenvalue weighted by molar-refractivity contribution is 0.0350. The third kappa shape index (κ3) is 7.06. The van der Waals surface area contributed by atoms with Crippen molar-refractivity contribution in [3.8, 4) is 0 Å². The summed E-state index contributed by atoms with van der Waals surface area (Å²) in [5.41, 5.74) is -0.420. The van der Waals surface area contributed by atoms with Crippen LogP contribution < -0.4 is 0 Å². The van der Waals surface area contributed by atoms with Crippen LogP contribution in [0.1, 0.15) is 66.2 Å². The van der Waals surface area contributed by atoms with Gasteiger partial charge in [0.2, 0.25) is 0 Å². The molecule has 2 atom stereocenters. The van der Waals surface area contributed by atoms with E-state index in [1.165, 1.54) is 19.3 Å². The Balaban J connectivity index is 3.60. The van der Waals surface area contributed by atoms with Crippen molar-refractivity contribution in [2.24, 2.45) is 5.92 Å². The molecule has 0 bridgehead atoms. The Morgan fingerprint density at radius 2 is 1.69 bits per heavy atom. The quantitative estimate of drug-likeness (QED) is 0.642. The lowest BCUT2D eigenvalue weighted by Gasteiger charge is -2.24. The maximum Gasteiger partial charge on any atom is 0.0619 e. The smallest absolute Gasteiger partial charge is 0.0619 e. The first-order valence-corrected chi connectivity index (χ1v) is 5.74. The first kappa shape index (κ1) is 13.0. The Morgan fingerprint density at radius 3 is 2.15 bits per heavy atom. The standard InChI is InChI=1S/C12H26O/c1-5-7-11(3)8-10-12(4,13)9-6-2/h11,13H,5-10H2,1-4H3. The summed E-state index contributed by atoms with van der Waals surface area (Å²) in [7, 11) is 0. The average Bonchev–Trinajstić information content (AvgIpc) is 2.02. The third-order valence-corrected chi connectivity index (χ3v) is 2.75. The number of rotatable bonds is 7. The molecule has 0 amide bonds. The van der Waals surface area contributed by atoms with E-state index in [0.717, 1.165) is 25.2 Å². The summed E-state index contributed by atoms with van der Waals surface area (Å²) in [5, 5.41) is 9.93. The molecule has 0 aromatic rings. The molecule has 1 nitrogen and oxygen atoms in total. The first-order chi connectivity index (χ1) is 6.02. The van der Waals surface area contributed by atoms with Gasteiger partial charge in [0, 0.05) is 0 Å². The van der Waals surface area contributed by atoms with E-state index in [4.69, 9.17) is 0 Å². The zero-order valence-electron chi connectivity index (χ0n) is 9.77. The van der Waals surface area contributed by atoms with Gasteiger partial charge in [0.15, 0.2) is 0 Å². The van der Waals surface area contributed by atoms with Crippen molar-refractivity contribution >= 4 is 0 Å². The Labute approximate surface area is 83.5 Å². The second kappa shape index (κ2) is 6.42. The monoisotopic (exact) mass is 186 g/mol. The van der Waals surface area contributed by atoms with Crippen LogP contribution in [0.4, 0.5) is 0 Å². The Bertz CT molecular complexity index is 118. The van der Waals surface area contributed by atoms with E-state index in [1.807, 2.05) is 6.92 Å². The molecule has 0 spiro atoms. The maximum absolute atomic E-state index is 9.93. The summed E-state index contributed by atoms with van der Waals surface area (Å²) in [6, 6.07) is 0. The summed E-state index contributed by atoms with van der Waals surface area (Å²) in [6.07, 6.45) is 6.70.